The number of carbonyl (C=O) groups is 2. The molecule has 3 atom stereocenters. The van der Waals surface area contributed by atoms with E-state index in [1.54, 1.807) is 0 Å². The number of nitrogens with zero attached hydrogens (tertiary/aromatic N) is 2. The van der Waals surface area contributed by atoms with Crippen molar-refractivity contribution in [3.05, 3.63) is 35.9 Å². The van der Waals surface area contributed by atoms with Crippen LogP contribution < -0.4 is 11.1 Å². The average Bonchev–Trinajstić information content (AvgIpc) is 3.08. The van der Waals surface area contributed by atoms with Crippen molar-refractivity contribution in [1.82, 2.24) is 10.2 Å². The second-order valence-corrected chi connectivity index (χ2v) is 6.83. The molecule has 2 amide bonds. The third-order valence-corrected chi connectivity index (χ3v) is 4.55. The molecule has 1 heterocycles. The van der Waals surface area contributed by atoms with E-state index in [0.717, 1.165) is 12.0 Å². The number of nitrogens with two attached hydrogens (primary N) is 1. The summed E-state index contributed by atoms with van der Waals surface area (Å²) in [6.07, 6.45) is 1.39. The summed E-state index contributed by atoms with van der Waals surface area (Å²) in [6.45, 7) is 4.60. The van der Waals surface area contributed by atoms with Gasteiger partial charge in [-0.05, 0) is 24.3 Å². The summed E-state index contributed by atoms with van der Waals surface area (Å²) in [5.74, 6) is -0.365. The highest BCUT2D eigenvalue weighted by atomic mass is 16.2. The van der Waals surface area contributed by atoms with Crippen LogP contribution in [-0.2, 0) is 9.59 Å². The minimum Gasteiger partial charge on any atom is -0.349 e. The number of amides is 2. The molecule has 0 saturated carbocycles. The number of hydrogen-bond donors (Lipinski definition) is 2. The van der Waals surface area contributed by atoms with Gasteiger partial charge in [0, 0.05) is 6.54 Å². The molecule has 1 saturated heterocycles. The number of benzene rings is 1. The van der Waals surface area contributed by atoms with Gasteiger partial charge in [0.25, 0.3) is 0 Å². The maximum absolute atomic E-state index is 12.4. The summed E-state index contributed by atoms with van der Waals surface area (Å²) in [5.41, 5.74) is 6.97. The zero-order valence-electron chi connectivity index (χ0n) is 14.8. The number of nitriles is 1. The summed E-state index contributed by atoms with van der Waals surface area (Å²) in [5, 5.41) is 12.1. The van der Waals surface area contributed by atoms with E-state index in [2.05, 4.69) is 11.4 Å². The molecule has 0 radical (unpaired) electrons. The lowest BCUT2D eigenvalue weighted by Gasteiger charge is -2.25. The van der Waals surface area contributed by atoms with Gasteiger partial charge in [-0.25, -0.2) is 0 Å². The van der Waals surface area contributed by atoms with Gasteiger partial charge in [-0.2, -0.15) is 5.26 Å². The first-order valence-corrected chi connectivity index (χ1v) is 8.74. The largest absolute Gasteiger partial charge is 0.349 e. The summed E-state index contributed by atoms with van der Waals surface area (Å²) >= 11 is 0. The molecule has 3 N–H and O–H groups in total. The van der Waals surface area contributed by atoms with Crippen molar-refractivity contribution >= 4 is 11.8 Å². The topological polar surface area (TPSA) is 99.2 Å². The number of likely N-dealkylation sites (tertiary alicyclic amines) is 1. The van der Waals surface area contributed by atoms with Crippen molar-refractivity contribution in [3.8, 4) is 6.07 Å². The van der Waals surface area contributed by atoms with Crippen LogP contribution in [0.4, 0.5) is 0 Å². The van der Waals surface area contributed by atoms with E-state index in [1.807, 2.05) is 44.2 Å². The second-order valence-electron chi connectivity index (χ2n) is 6.83. The van der Waals surface area contributed by atoms with Crippen LogP contribution in [0.5, 0.6) is 0 Å². The average molecular weight is 342 g/mol. The molecule has 0 aromatic heterocycles. The summed E-state index contributed by atoms with van der Waals surface area (Å²) in [4.78, 5) is 26.3. The fourth-order valence-corrected chi connectivity index (χ4v) is 3.19. The molecule has 0 bridgehead atoms. The van der Waals surface area contributed by atoms with E-state index >= 15 is 0 Å². The zero-order valence-corrected chi connectivity index (χ0v) is 14.8. The van der Waals surface area contributed by atoms with E-state index < -0.39 is 12.1 Å². The lowest BCUT2D eigenvalue weighted by Crippen LogP contribution is -2.48. The van der Waals surface area contributed by atoms with Gasteiger partial charge in [-0.15, -0.1) is 0 Å². The maximum Gasteiger partial charge on any atom is 0.241 e. The van der Waals surface area contributed by atoms with Crippen molar-refractivity contribution in [2.45, 2.75) is 51.2 Å². The minimum atomic E-state index is -0.919. The van der Waals surface area contributed by atoms with Gasteiger partial charge in [-0.3, -0.25) is 9.59 Å². The number of rotatable bonds is 6. The van der Waals surface area contributed by atoms with Gasteiger partial charge in [0.1, 0.15) is 6.04 Å². The molecule has 2 rings (SSSR count). The zero-order chi connectivity index (χ0) is 18.4. The van der Waals surface area contributed by atoms with Crippen molar-refractivity contribution in [2.75, 3.05) is 6.54 Å². The highest BCUT2D eigenvalue weighted by Crippen LogP contribution is 2.22. The Morgan fingerprint density at radius 3 is 2.64 bits per heavy atom. The van der Waals surface area contributed by atoms with Crippen molar-refractivity contribution in [3.63, 3.8) is 0 Å². The molecular weight excluding hydrogens is 316 g/mol. The normalized spacial score (nSPS) is 19.3. The van der Waals surface area contributed by atoms with E-state index in [4.69, 9.17) is 11.0 Å². The molecular formula is C19H26N4O2. The van der Waals surface area contributed by atoms with Crippen LogP contribution in [0.3, 0.4) is 0 Å². The van der Waals surface area contributed by atoms with E-state index in [-0.39, 0.29) is 30.2 Å². The standard InChI is InChI=1S/C19H26N4O2/c1-13(2)18(14-7-4-3-5-8-14)22-17(24)11-16(21)19(25)23-10-6-9-15(23)12-20/h3-5,7-8,13,15-16,18H,6,9-11,21H2,1-2H3,(H,22,24)/t15-,16-,18?/m0/s1. The fraction of sp³-hybridized carbons (Fsp3) is 0.526. The Bertz CT molecular complexity index is 639. The van der Waals surface area contributed by atoms with Gasteiger partial charge in [0.05, 0.1) is 24.6 Å². The van der Waals surface area contributed by atoms with Gasteiger partial charge in [0.15, 0.2) is 0 Å². The van der Waals surface area contributed by atoms with Crippen LogP contribution in [0.2, 0.25) is 0 Å². The molecule has 6 heteroatoms. The Balaban J connectivity index is 1.96. The summed E-state index contributed by atoms with van der Waals surface area (Å²) in [6, 6.07) is 10.4. The van der Waals surface area contributed by atoms with Crippen LogP contribution >= 0.6 is 0 Å². The Kier molecular flexibility index (Phi) is 6.54. The predicted octanol–water partition coefficient (Wildman–Crippen LogP) is 1.73. The Morgan fingerprint density at radius 1 is 1.36 bits per heavy atom. The van der Waals surface area contributed by atoms with Crippen molar-refractivity contribution < 1.29 is 9.59 Å². The van der Waals surface area contributed by atoms with Crippen LogP contribution in [-0.4, -0.2) is 35.3 Å². The van der Waals surface area contributed by atoms with Crippen molar-refractivity contribution in [1.29, 1.82) is 5.26 Å². The monoisotopic (exact) mass is 342 g/mol. The molecule has 1 aromatic carbocycles. The quantitative estimate of drug-likeness (QED) is 0.822. The molecule has 1 aliphatic rings. The SMILES string of the molecule is CC(C)C(NC(=O)C[C@H](N)C(=O)N1CCC[C@H]1C#N)c1ccccc1. The van der Waals surface area contributed by atoms with E-state index in [9.17, 15) is 9.59 Å². The third-order valence-electron chi connectivity index (χ3n) is 4.55. The first-order valence-electron chi connectivity index (χ1n) is 8.74. The number of nitrogens with one attached hydrogen (secondary N) is 1. The smallest absolute Gasteiger partial charge is 0.241 e. The molecule has 1 unspecified atom stereocenters. The van der Waals surface area contributed by atoms with Crippen LogP contribution in [0.15, 0.2) is 30.3 Å². The Morgan fingerprint density at radius 2 is 2.04 bits per heavy atom. The highest BCUT2D eigenvalue weighted by molar-refractivity contribution is 5.88. The Hall–Kier alpha value is -2.39. The van der Waals surface area contributed by atoms with Crippen LogP contribution in [0, 0.1) is 17.2 Å². The molecule has 0 aliphatic carbocycles. The van der Waals surface area contributed by atoms with Gasteiger partial charge >= 0.3 is 0 Å². The number of carbonyl (C=O) groups excluding carboxylic acids is 2. The minimum absolute atomic E-state index is 0.0798. The molecule has 0 spiro atoms. The lowest BCUT2D eigenvalue weighted by atomic mass is 9.95. The van der Waals surface area contributed by atoms with E-state index in [0.29, 0.717) is 13.0 Å². The first kappa shape index (κ1) is 18.9. The van der Waals surface area contributed by atoms with Gasteiger partial charge in [-0.1, -0.05) is 44.2 Å². The molecule has 25 heavy (non-hydrogen) atoms. The summed E-state index contributed by atoms with van der Waals surface area (Å²) in [7, 11) is 0. The maximum atomic E-state index is 12.4. The van der Waals surface area contributed by atoms with Crippen molar-refractivity contribution in [2.24, 2.45) is 11.7 Å². The predicted molar refractivity (Wildman–Crippen MR) is 95.1 cm³/mol. The molecule has 6 nitrogen and oxygen atoms in total. The Labute approximate surface area is 149 Å². The van der Waals surface area contributed by atoms with Gasteiger partial charge in [0.2, 0.25) is 11.8 Å². The molecule has 1 fully saturated rings. The third kappa shape index (κ3) is 4.80. The molecule has 1 aliphatic heterocycles. The first-order chi connectivity index (χ1) is 11.9. The highest BCUT2D eigenvalue weighted by Gasteiger charge is 2.32. The summed E-state index contributed by atoms with van der Waals surface area (Å²) < 4.78 is 0. The fourth-order valence-electron chi connectivity index (χ4n) is 3.19. The lowest BCUT2D eigenvalue weighted by molar-refractivity contribution is -0.135. The van der Waals surface area contributed by atoms with E-state index in [1.165, 1.54) is 4.90 Å². The van der Waals surface area contributed by atoms with Gasteiger partial charge < -0.3 is 16.0 Å². The van der Waals surface area contributed by atoms with Crippen LogP contribution in [0.1, 0.15) is 44.7 Å². The molecule has 1 aromatic rings. The van der Waals surface area contributed by atoms with Crippen LogP contribution in [0.25, 0.3) is 0 Å². The molecule has 134 valence electrons. The number of hydrogen-bond acceptors (Lipinski definition) is 4. The second kappa shape index (κ2) is 8.63.